The van der Waals surface area contributed by atoms with E-state index in [9.17, 15) is 0 Å². The van der Waals surface area contributed by atoms with E-state index >= 15 is 0 Å². The van der Waals surface area contributed by atoms with Crippen molar-refractivity contribution in [2.45, 2.75) is 37.8 Å². The van der Waals surface area contributed by atoms with Gasteiger partial charge in [-0.15, -0.1) is 0 Å². The molecule has 0 bridgehead atoms. The zero-order chi connectivity index (χ0) is 10.9. The number of hydrogen-bond acceptors (Lipinski definition) is 4. The molecule has 0 aromatic heterocycles. The molecule has 0 aromatic rings. The highest BCUT2D eigenvalue weighted by atomic mass is 16.5. The van der Waals surface area contributed by atoms with Gasteiger partial charge >= 0.3 is 0 Å². The van der Waals surface area contributed by atoms with Crippen LogP contribution in [-0.2, 0) is 9.47 Å². The average Bonchev–Trinajstić information content (AvgIpc) is 2.30. The number of ether oxygens (including phenoxy) is 2. The van der Waals surface area contributed by atoms with Crippen LogP contribution in [0.1, 0.15) is 25.7 Å². The minimum absolute atomic E-state index is 0.0906. The number of hydrogen-bond donors (Lipinski definition) is 2. The average molecular weight is 217 g/mol. The van der Waals surface area contributed by atoms with Crippen molar-refractivity contribution in [3.05, 3.63) is 0 Å². The van der Waals surface area contributed by atoms with E-state index in [1.165, 1.54) is 12.8 Å². The van der Waals surface area contributed by atoms with Crippen LogP contribution in [0.4, 0.5) is 0 Å². The Labute approximate surface area is 92.0 Å². The fraction of sp³-hybridized carbons (Fsp3) is 1.00. The molecule has 1 saturated carbocycles. The molecule has 1 aliphatic rings. The molecule has 1 rings (SSSR count). The Balaban J connectivity index is 1.94. The van der Waals surface area contributed by atoms with Crippen LogP contribution in [0.5, 0.6) is 0 Å². The second-order valence-corrected chi connectivity index (χ2v) is 3.97. The van der Waals surface area contributed by atoms with E-state index < -0.39 is 0 Å². The van der Waals surface area contributed by atoms with E-state index in [2.05, 4.69) is 5.32 Å². The Hall–Kier alpha value is -0.160. The molecule has 0 aliphatic heterocycles. The molecule has 0 radical (unpaired) electrons. The molecule has 1 fully saturated rings. The summed E-state index contributed by atoms with van der Waals surface area (Å²) in [5.74, 6) is 0. The third-order valence-electron chi connectivity index (χ3n) is 2.90. The number of nitrogens with one attached hydrogen (secondary N) is 1. The van der Waals surface area contributed by atoms with Crippen LogP contribution >= 0.6 is 0 Å². The van der Waals surface area contributed by atoms with Gasteiger partial charge in [-0.1, -0.05) is 0 Å². The van der Waals surface area contributed by atoms with E-state index in [0.29, 0.717) is 32.0 Å². The SMILES string of the molecule is CNC1CCC(OCCOCCO)CC1. The first kappa shape index (κ1) is 12.9. The first-order valence-electron chi connectivity index (χ1n) is 5.84. The minimum atomic E-state index is 0.0906. The minimum Gasteiger partial charge on any atom is -0.394 e. The third-order valence-corrected chi connectivity index (χ3v) is 2.90. The summed E-state index contributed by atoms with van der Waals surface area (Å²) < 4.78 is 10.8. The summed E-state index contributed by atoms with van der Waals surface area (Å²) in [6.07, 6.45) is 5.11. The summed E-state index contributed by atoms with van der Waals surface area (Å²) in [5, 5.41) is 11.8. The van der Waals surface area contributed by atoms with Crippen molar-refractivity contribution >= 4 is 0 Å². The lowest BCUT2D eigenvalue weighted by atomic mass is 9.93. The molecule has 0 amide bonds. The molecule has 4 nitrogen and oxygen atoms in total. The smallest absolute Gasteiger partial charge is 0.0704 e. The molecule has 4 heteroatoms. The molecule has 90 valence electrons. The summed E-state index contributed by atoms with van der Waals surface area (Å²) in [4.78, 5) is 0. The summed E-state index contributed by atoms with van der Waals surface area (Å²) in [5.41, 5.74) is 0. The van der Waals surface area contributed by atoms with Crippen LogP contribution in [0.3, 0.4) is 0 Å². The number of aliphatic hydroxyl groups is 1. The van der Waals surface area contributed by atoms with E-state index in [-0.39, 0.29) is 6.61 Å². The van der Waals surface area contributed by atoms with Crippen LogP contribution in [-0.4, -0.2) is 50.7 Å². The molecule has 0 unspecified atom stereocenters. The highest BCUT2D eigenvalue weighted by Gasteiger charge is 2.19. The van der Waals surface area contributed by atoms with Gasteiger partial charge in [-0.2, -0.15) is 0 Å². The fourth-order valence-corrected chi connectivity index (χ4v) is 1.96. The summed E-state index contributed by atoms with van der Waals surface area (Å²) in [7, 11) is 2.02. The lowest BCUT2D eigenvalue weighted by Gasteiger charge is -2.28. The number of aliphatic hydroxyl groups excluding tert-OH is 1. The van der Waals surface area contributed by atoms with Crippen molar-refractivity contribution < 1.29 is 14.6 Å². The van der Waals surface area contributed by atoms with Gasteiger partial charge in [0, 0.05) is 6.04 Å². The molecule has 1 aliphatic carbocycles. The lowest BCUT2D eigenvalue weighted by Crippen LogP contribution is -2.33. The van der Waals surface area contributed by atoms with Crippen LogP contribution in [0, 0.1) is 0 Å². The number of rotatable bonds is 7. The van der Waals surface area contributed by atoms with Gasteiger partial charge in [-0.25, -0.2) is 0 Å². The van der Waals surface area contributed by atoms with Gasteiger partial charge in [0.25, 0.3) is 0 Å². The van der Waals surface area contributed by atoms with Crippen molar-refractivity contribution in [3.8, 4) is 0 Å². The molecule has 0 aromatic carbocycles. The second-order valence-electron chi connectivity index (χ2n) is 3.97. The van der Waals surface area contributed by atoms with E-state index in [1.807, 2.05) is 7.05 Å². The van der Waals surface area contributed by atoms with Gasteiger partial charge in [0.05, 0.1) is 32.5 Å². The Morgan fingerprint density at radius 2 is 1.87 bits per heavy atom. The van der Waals surface area contributed by atoms with Crippen LogP contribution in [0.15, 0.2) is 0 Å². The summed E-state index contributed by atoms with van der Waals surface area (Å²) in [6.45, 7) is 1.74. The summed E-state index contributed by atoms with van der Waals surface area (Å²) in [6, 6.07) is 0.676. The quantitative estimate of drug-likeness (QED) is 0.611. The molecular formula is C11H23NO3. The van der Waals surface area contributed by atoms with Crippen molar-refractivity contribution in [2.24, 2.45) is 0 Å². The molecule has 0 heterocycles. The van der Waals surface area contributed by atoms with Gasteiger partial charge in [0.1, 0.15) is 0 Å². The van der Waals surface area contributed by atoms with Gasteiger partial charge in [0.2, 0.25) is 0 Å². The van der Waals surface area contributed by atoms with Crippen LogP contribution in [0.25, 0.3) is 0 Å². The standard InChI is InChI=1S/C11H23NO3/c1-12-10-2-4-11(5-3-10)15-9-8-14-7-6-13/h10-13H,2-9H2,1H3. The second kappa shape index (κ2) is 8.05. The maximum Gasteiger partial charge on any atom is 0.0704 e. The zero-order valence-corrected chi connectivity index (χ0v) is 9.58. The normalized spacial score (nSPS) is 26.8. The van der Waals surface area contributed by atoms with Crippen molar-refractivity contribution in [2.75, 3.05) is 33.5 Å². The summed E-state index contributed by atoms with van der Waals surface area (Å²) >= 11 is 0. The van der Waals surface area contributed by atoms with Gasteiger partial charge in [0.15, 0.2) is 0 Å². The predicted molar refractivity (Wildman–Crippen MR) is 59.0 cm³/mol. The highest BCUT2D eigenvalue weighted by molar-refractivity contribution is 4.76. The molecular weight excluding hydrogens is 194 g/mol. The van der Waals surface area contributed by atoms with Gasteiger partial charge in [-0.3, -0.25) is 0 Å². The van der Waals surface area contributed by atoms with Crippen molar-refractivity contribution in [3.63, 3.8) is 0 Å². The van der Waals surface area contributed by atoms with Crippen molar-refractivity contribution in [1.29, 1.82) is 0 Å². The zero-order valence-electron chi connectivity index (χ0n) is 9.58. The third kappa shape index (κ3) is 5.47. The highest BCUT2D eigenvalue weighted by Crippen LogP contribution is 2.20. The maximum absolute atomic E-state index is 8.50. The van der Waals surface area contributed by atoms with E-state index in [1.54, 1.807) is 0 Å². The van der Waals surface area contributed by atoms with Crippen LogP contribution in [0.2, 0.25) is 0 Å². The predicted octanol–water partition coefficient (Wildman–Crippen LogP) is 0.542. The monoisotopic (exact) mass is 217 g/mol. The van der Waals surface area contributed by atoms with E-state index in [0.717, 1.165) is 12.8 Å². The molecule has 0 saturated heterocycles. The Morgan fingerprint density at radius 1 is 1.13 bits per heavy atom. The Bertz CT molecular complexity index is 147. The topological polar surface area (TPSA) is 50.7 Å². The van der Waals surface area contributed by atoms with Gasteiger partial charge in [-0.05, 0) is 32.7 Å². The van der Waals surface area contributed by atoms with Crippen LogP contribution < -0.4 is 5.32 Å². The molecule has 2 N–H and O–H groups in total. The Morgan fingerprint density at radius 3 is 2.47 bits per heavy atom. The lowest BCUT2D eigenvalue weighted by molar-refractivity contribution is -0.0182. The van der Waals surface area contributed by atoms with Gasteiger partial charge < -0.3 is 19.9 Å². The Kier molecular flexibility index (Phi) is 6.92. The fourth-order valence-electron chi connectivity index (χ4n) is 1.96. The first-order valence-corrected chi connectivity index (χ1v) is 5.84. The maximum atomic E-state index is 8.50. The molecule has 0 atom stereocenters. The van der Waals surface area contributed by atoms with Crippen molar-refractivity contribution in [1.82, 2.24) is 5.32 Å². The largest absolute Gasteiger partial charge is 0.394 e. The molecule has 15 heavy (non-hydrogen) atoms. The first-order chi connectivity index (χ1) is 7.36. The van der Waals surface area contributed by atoms with E-state index in [4.69, 9.17) is 14.6 Å². The molecule has 0 spiro atoms.